The summed E-state index contributed by atoms with van der Waals surface area (Å²) in [7, 11) is 1.59. The van der Waals surface area contributed by atoms with E-state index in [-0.39, 0.29) is 30.5 Å². The van der Waals surface area contributed by atoms with Crippen molar-refractivity contribution in [2.45, 2.75) is 45.6 Å². The van der Waals surface area contributed by atoms with Crippen LogP contribution in [0.3, 0.4) is 0 Å². The van der Waals surface area contributed by atoms with E-state index in [9.17, 15) is 9.18 Å². The molecule has 0 bridgehead atoms. The van der Waals surface area contributed by atoms with Crippen molar-refractivity contribution in [3.05, 3.63) is 53.8 Å². The number of nitrogens with zero attached hydrogens (tertiary/aromatic N) is 1. The Morgan fingerprint density at radius 1 is 1.17 bits per heavy atom. The van der Waals surface area contributed by atoms with Gasteiger partial charge in [0.05, 0.1) is 25.0 Å². The average molecular weight is 416 g/mol. The maximum atomic E-state index is 14.7. The second-order valence-corrected chi connectivity index (χ2v) is 7.60. The van der Waals surface area contributed by atoms with Crippen molar-refractivity contribution >= 4 is 11.6 Å². The lowest BCUT2D eigenvalue weighted by Gasteiger charge is -2.37. The highest BCUT2D eigenvalue weighted by atomic mass is 19.1. The fourth-order valence-electron chi connectivity index (χ4n) is 3.54. The van der Waals surface area contributed by atoms with E-state index in [1.165, 1.54) is 6.07 Å². The summed E-state index contributed by atoms with van der Waals surface area (Å²) in [5, 5.41) is 2.79. The van der Waals surface area contributed by atoms with Gasteiger partial charge in [0.15, 0.2) is 6.10 Å². The fraction of sp³-hybridized carbons (Fsp3) is 0.435. The van der Waals surface area contributed by atoms with Crippen molar-refractivity contribution in [3.63, 3.8) is 0 Å². The minimum Gasteiger partial charge on any atom is -0.497 e. The van der Waals surface area contributed by atoms with Gasteiger partial charge in [-0.3, -0.25) is 4.79 Å². The molecule has 1 fully saturated rings. The van der Waals surface area contributed by atoms with Gasteiger partial charge in [-0.1, -0.05) is 6.07 Å². The van der Waals surface area contributed by atoms with Gasteiger partial charge in [-0.25, -0.2) is 4.39 Å². The Balaban J connectivity index is 1.54. The smallest absolute Gasteiger partial charge is 0.261 e. The minimum absolute atomic E-state index is 0.0549. The second-order valence-electron chi connectivity index (χ2n) is 7.60. The van der Waals surface area contributed by atoms with E-state index >= 15 is 0 Å². The molecule has 0 aromatic heterocycles. The molecule has 2 aromatic rings. The molecule has 162 valence electrons. The summed E-state index contributed by atoms with van der Waals surface area (Å²) in [4.78, 5) is 14.3. The van der Waals surface area contributed by atoms with Gasteiger partial charge in [-0.05, 0) is 62.7 Å². The van der Waals surface area contributed by atoms with Crippen molar-refractivity contribution in [1.82, 2.24) is 5.32 Å². The molecular formula is C23H29FN2O4. The van der Waals surface area contributed by atoms with Gasteiger partial charge >= 0.3 is 0 Å². The Morgan fingerprint density at radius 2 is 1.80 bits per heavy atom. The van der Waals surface area contributed by atoms with Crippen molar-refractivity contribution in [3.8, 4) is 11.5 Å². The van der Waals surface area contributed by atoms with E-state index in [2.05, 4.69) is 5.32 Å². The molecule has 0 radical (unpaired) electrons. The number of methoxy groups -OCH3 is 1. The monoisotopic (exact) mass is 416 g/mol. The predicted molar refractivity (Wildman–Crippen MR) is 114 cm³/mol. The van der Waals surface area contributed by atoms with Gasteiger partial charge in [0.25, 0.3) is 5.91 Å². The standard InChI is InChI=1S/C23H29FN2O4/c1-15-13-26(14-16(2)29-15)22-10-5-18(11-21(22)24)12-25-23(27)17(3)30-20-8-6-19(28-4)7-9-20/h5-11,15-17H,12-14H2,1-4H3,(H,25,27). The molecular weight excluding hydrogens is 387 g/mol. The maximum Gasteiger partial charge on any atom is 0.261 e. The summed E-state index contributed by atoms with van der Waals surface area (Å²) < 4.78 is 31.2. The number of nitrogens with one attached hydrogen (secondary N) is 1. The molecule has 3 rings (SSSR count). The van der Waals surface area contributed by atoms with Crippen LogP contribution in [0.5, 0.6) is 11.5 Å². The highest BCUT2D eigenvalue weighted by Gasteiger charge is 2.24. The lowest BCUT2D eigenvalue weighted by Crippen LogP contribution is -2.45. The van der Waals surface area contributed by atoms with Crippen molar-refractivity contribution in [1.29, 1.82) is 0 Å². The Morgan fingerprint density at radius 3 is 2.40 bits per heavy atom. The first-order valence-corrected chi connectivity index (χ1v) is 10.1. The SMILES string of the molecule is COc1ccc(OC(C)C(=O)NCc2ccc(N3CC(C)OC(C)C3)c(F)c2)cc1. The second kappa shape index (κ2) is 9.80. The maximum absolute atomic E-state index is 14.7. The van der Waals surface area contributed by atoms with E-state index in [1.54, 1.807) is 44.4 Å². The molecule has 1 amide bonds. The molecule has 0 spiro atoms. The van der Waals surface area contributed by atoms with E-state index in [0.29, 0.717) is 35.8 Å². The third kappa shape index (κ3) is 5.63. The summed E-state index contributed by atoms with van der Waals surface area (Å²) in [6.45, 7) is 7.17. The Labute approximate surface area is 176 Å². The zero-order chi connectivity index (χ0) is 21.7. The summed E-state index contributed by atoms with van der Waals surface area (Å²) in [5.41, 5.74) is 1.25. The number of ether oxygens (including phenoxy) is 3. The first kappa shape index (κ1) is 21.9. The average Bonchev–Trinajstić information content (AvgIpc) is 2.71. The zero-order valence-corrected chi connectivity index (χ0v) is 17.9. The minimum atomic E-state index is -0.682. The highest BCUT2D eigenvalue weighted by molar-refractivity contribution is 5.80. The third-order valence-corrected chi connectivity index (χ3v) is 4.98. The van der Waals surface area contributed by atoms with Crippen LogP contribution in [-0.2, 0) is 16.1 Å². The third-order valence-electron chi connectivity index (χ3n) is 4.98. The highest BCUT2D eigenvalue weighted by Crippen LogP contribution is 2.24. The summed E-state index contributed by atoms with van der Waals surface area (Å²) in [5.74, 6) is 0.713. The molecule has 3 atom stereocenters. The lowest BCUT2D eigenvalue weighted by molar-refractivity contribution is -0.127. The van der Waals surface area contributed by atoms with Crippen LogP contribution in [0.1, 0.15) is 26.3 Å². The van der Waals surface area contributed by atoms with E-state index in [0.717, 1.165) is 0 Å². The van der Waals surface area contributed by atoms with Crippen LogP contribution >= 0.6 is 0 Å². The Hall–Kier alpha value is -2.80. The van der Waals surface area contributed by atoms with Crippen LogP contribution in [0.15, 0.2) is 42.5 Å². The quantitative estimate of drug-likeness (QED) is 0.748. The fourth-order valence-corrected chi connectivity index (χ4v) is 3.54. The van der Waals surface area contributed by atoms with Gasteiger partial charge < -0.3 is 24.4 Å². The molecule has 7 heteroatoms. The largest absolute Gasteiger partial charge is 0.497 e. The predicted octanol–water partition coefficient (Wildman–Crippen LogP) is 3.53. The molecule has 1 N–H and O–H groups in total. The van der Waals surface area contributed by atoms with Gasteiger partial charge in [0.2, 0.25) is 0 Å². The number of carbonyl (C=O) groups excluding carboxylic acids is 1. The summed E-state index contributed by atoms with van der Waals surface area (Å²) >= 11 is 0. The van der Waals surface area contributed by atoms with Gasteiger partial charge in [0.1, 0.15) is 17.3 Å². The molecule has 0 saturated carbocycles. The van der Waals surface area contributed by atoms with Crippen molar-refractivity contribution in [2.24, 2.45) is 0 Å². The van der Waals surface area contributed by atoms with Crippen LogP contribution in [-0.4, -0.2) is 44.4 Å². The summed E-state index contributed by atoms with van der Waals surface area (Å²) in [6, 6.07) is 12.1. The Bertz CT molecular complexity index is 849. The normalized spacial score (nSPS) is 19.8. The number of rotatable bonds is 7. The van der Waals surface area contributed by atoms with Crippen molar-refractivity contribution in [2.75, 3.05) is 25.1 Å². The van der Waals surface area contributed by atoms with Crippen LogP contribution < -0.4 is 19.7 Å². The number of carbonyl (C=O) groups is 1. The first-order chi connectivity index (χ1) is 14.4. The molecule has 0 aliphatic carbocycles. The van der Waals surface area contributed by atoms with Crippen LogP contribution in [0.2, 0.25) is 0 Å². The lowest BCUT2D eigenvalue weighted by atomic mass is 10.1. The number of morpholine rings is 1. The topological polar surface area (TPSA) is 60.0 Å². The van der Waals surface area contributed by atoms with Gasteiger partial charge in [-0.2, -0.15) is 0 Å². The number of hydrogen-bond donors (Lipinski definition) is 1. The molecule has 2 aromatic carbocycles. The number of amides is 1. The van der Waals surface area contributed by atoms with E-state index < -0.39 is 6.10 Å². The molecule has 6 nitrogen and oxygen atoms in total. The number of hydrogen-bond acceptors (Lipinski definition) is 5. The van der Waals surface area contributed by atoms with Gasteiger partial charge in [-0.15, -0.1) is 0 Å². The van der Waals surface area contributed by atoms with E-state index in [4.69, 9.17) is 14.2 Å². The number of anilines is 1. The zero-order valence-electron chi connectivity index (χ0n) is 17.9. The molecule has 1 aliphatic heterocycles. The summed E-state index contributed by atoms with van der Waals surface area (Å²) in [6.07, 6.45) is -0.572. The van der Waals surface area contributed by atoms with Crippen molar-refractivity contribution < 1.29 is 23.4 Å². The van der Waals surface area contributed by atoms with Gasteiger partial charge in [0, 0.05) is 19.6 Å². The molecule has 1 aliphatic rings. The first-order valence-electron chi connectivity index (χ1n) is 10.1. The number of benzene rings is 2. The Kier molecular flexibility index (Phi) is 7.15. The van der Waals surface area contributed by atoms with Crippen LogP contribution in [0, 0.1) is 5.82 Å². The van der Waals surface area contributed by atoms with Crippen LogP contribution in [0.4, 0.5) is 10.1 Å². The number of halogens is 1. The molecule has 3 unspecified atom stereocenters. The molecule has 30 heavy (non-hydrogen) atoms. The van der Waals surface area contributed by atoms with Crippen LogP contribution in [0.25, 0.3) is 0 Å². The molecule has 1 saturated heterocycles. The molecule has 1 heterocycles. The van der Waals surface area contributed by atoms with E-state index in [1.807, 2.05) is 24.8 Å².